The third-order valence-electron chi connectivity index (χ3n) is 5.42. The van der Waals surface area contributed by atoms with Crippen LogP contribution in [-0.2, 0) is 9.53 Å². The first kappa shape index (κ1) is 20.9. The van der Waals surface area contributed by atoms with Gasteiger partial charge in [0.2, 0.25) is 0 Å². The summed E-state index contributed by atoms with van der Waals surface area (Å²) in [5.41, 5.74) is 2.93. The molecule has 2 unspecified atom stereocenters. The van der Waals surface area contributed by atoms with Crippen molar-refractivity contribution in [3.63, 3.8) is 0 Å². The third-order valence-corrected chi connectivity index (χ3v) is 5.77. The van der Waals surface area contributed by atoms with Crippen molar-refractivity contribution in [2.75, 3.05) is 20.8 Å². The van der Waals surface area contributed by atoms with Gasteiger partial charge in [-0.15, -0.1) is 0 Å². The van der Waals surface area contributed by atoms with Crippen molar-refractivity contribution in [1.82, 2.24) is 19.8 Å². The molecule has 31 heavy (non-hydrogen) atoms. The molecule has 7 nitrogen and oxygen atoms in total. The van der Waals surface area contributed by atoms with Gasteiger partial charge in [-0.2, -0.15) is 0 Å². The van der Waals surface area contributed by atoms with Gasteiger partial charge in [-0.3, -0.25) is 9.78 Å². The van der Waals surface area contributed by atoms with Crippen LogP contribution in [0.5, 0.6) is 5.75 Å². The van der Waals surface area contributed by atoms with E-state index in [1.54, 1.807) is 13.3 Å². The van der Waals surface area contributed by atoms with Crippen molar-refractivity contribution in [1.29, 1.82) is 0 Å². The number of pyridine rings is 1. The highest BCUT2D eigenvalue weighted by Gasteiger charge is 2.41. The largest absolute Gasteiger partial charge is 0.497 e. The quantitative estimate of drug-likeness (QED) is 0.450. The fourth-order valence-corrected chi connectivity index (χ4v) is 4.23. The standard InChI is InChI=1S/C23H24N4O3S/c1-29-17-10-8-16(9-11-17)26-14-5-7-19(26)22-21(18-6-3-4-13-24-18)25-23(31)27(22)15-12-20(28)30-2/h3-11,13-14,21-22H,12,15H2,1-2H3,(H,25,31). The fourth-order valence-electron chi connectivity index (χ4n) is 3.89. The molecule has 4 rings (SSSR count). The van der Waals surface area contributed by atoms with E-state index in [2.05, 4.69) is 20.9 Å². The van der Waals surface area contributed by atoms with E-state index in [9.17, 15) is 4.79 Å². The van der Waals surface area contributed by atoms with Crippen LogP contribution in [-0.4, -0.2) is 46.3 Å². The average Bonchev–Trinajstić information content (AvgIpc) is 3.42. The first-order chi connectivity index (χ1) is 15.1. The van der Waals surface area contributed by atoms with Crippen LogP contribution in [0, 0.1) is 0 Å². The Hall–Kier alpha value is -3.39. The minimum atomic E-state index is -0.270. The minimum absolute atomic E-state index is 0.149. The van der Waals surface area contributed by atoms with Crippen LogP contribution in [0.2, 0.25) is 0 Å². The Balaban J connectivity index is 1.74. The molecule has 0 amide bonds. The van der Waals surface area contributed by atoms with Crippen molar-refractivity contribution in [3.8, 4) is 11.4 Å². The summed E-state index contributed by atoms with van der Waals surface area (Å²) in [6, 6.07) is 17.5. The van der Waals surface area contributed by atoms with Crippen molar-refractivity contribution in [2.45, 2.75) is 18.5 Å². The Morgan fingerprint density at radius 3 is 2.61 bits per heavy atom. The summed E-state index contributed by atoms with van der Waals surface area (Å²) in [5.74, 6) is 0.528. The molecule has 1 fully saturated rings. The van der Waals surface area contributed by atoms with Crippen LogP contribution in [0.1, 0.15) is 29.9 Å². The van der Waals surface area contributed by atoms with Crippen LogP contribution in [0.4, 0.5) is 0 Å². The molecule has 160 valence electrons. The first-order valence-corrected chi connectivity index (χ1v) is 10.4. The number of hydrogen-bond acceptors (Lipinski definition) is 5. The predicted molar refractivity (Wildman–Crippen MR) is 121 cm³/mol. The second kappa shape index (κ2) is 9.18. The fraction of sp³-hybridized carbons (Fsp3) is 0.261. The topological polar surface area (TPSA) is 68.6 Å². The maximum absolute atomic E-state index is 11.8. The maximum Gasteiger partial charge on any atom is 0.307 e. The van der Waals surface area contributed by atoms with Gasteiger partial charge in [0.1, 0.15) is 5.75 Å². The number of benzene rings is 1. The molecule has 1 aromatic carbocycles. The van der Waals surface area contributed by atoms with Gasteiger partial charge in [0, 0.05) is 30.3 Å². The summed E-state index contributed by atoms with van der Waals surface area (Å²) in [6.45, 7) is 0.445. The van der Waals surface area contributed by atoms with E-state index in [4.69, 9.17) is 21.7 Å². The highest BCUT2D eigenvalue weighted by molar-refractivity contribution is 7.80. The molecule has 0 spiro atoms. The lowest BCUT2D eigenvalue weighted by Crippen LogP contribution is -2.32. The summed E-state index contributed by atoms with van der Waals surface area (Å²) in [7, 11) is 3.05. The molecular weight excluding hydrogens is 412 g/mol. The molecule has 8 heteroatoms. The van der Waals surface area contributed by atoms with Crippen molar-refractivity contribution in [2.24, 2.45) is 0 Å². The van der Waals surface area contributed by atoms with E-state index in [0.29, 0.717) is 11.7 Å². The molecule has 2 atom stereocenters. The number of thiocarbonyl (C=S) groups is 1. The highest BCUT2D eigenvalue weighted by atomic mass is 32.1. The zero-order valence-electron chi connectivity index (χ0n) is 17.4. The highest BCUT2D eigenvalue weighted by Crippen LogP contribution is 2.39. The van der Waals surface area contributed by atoms with E-state index in [-0.39, 0.29) is 24.5 Å². The van der Waals surface area contributed by atoms with Crippen LogP contribution in [0.25, 0.3) is 5.69 Å². The third kappa shape index (κ3) is 4.25. The number of nitrogens with zero attached hydrogens (tertiary/aromatic N) is 3. The van der Waals surface area contributed by atoms with Gasteiger partial charge in [-0.25, -0.2) is 0 Å². The van der Waals surface area contributed by atoms with Gasteiger partial charge in [-0.1, -0.05) is 6.07 Å². The number of carbonyl (C=O) groups is 1. The maximum atomic E-state index is 11.8. The summed E-state index contributed by atoms with van der Waals surface area (Å²) in [5, 5.41) is 4.00. The summed E-state index contributed by atoms with van der Waals surface area (Å²) < 4.78 is 12.3. The van der Waals surface area contributed by atoms with Gasteiger partial charge in [0.15, 0.2) is 5.11 Å². The first-order valence-electron chi connectivity index (χ1n) is 9.99. The molecule has 1 aliphatic rings. The molecule has 0 aliphatic carbocycles. The van der Waals surface area contributed by atoms with Gasteiger partial charge in [-0.05, 0) is 60.7 Å². The molecule has 0 radical (unpaired) electrons. The number of esters is 1. The SMILES string of the molecule is COC(=O)CCN1C(=S)NC(c2ccccn2)C1c1cccn1-c1ccc(OC)cc1. The number of carbonyl (C=O) groups excluding carboxylic acids is 1. The molecule has 3 aromatic rings. The molecule has 0 saturated carbocycles. The predicted octanol–water partition coefficient (Wildman–Crippen LogP) is 3.42. The van der Waals surface area contributed by atoms with Crippen LogP contribution < -0.4 is 10.1 Å². The number of ether oxygens (including phenoxy) is 2. The zero-order valence-corrected chi connectivity index (χ0v) is 18.2. The van der Waals surface area contributed by atoms with E-state index >= 15 is 0 Å². The van der Waals surface area contributed by atoms with Crippen molar-refractivity contribution in [3.05, 3.63) is 78.4 Å². The molecule has 0 bridgehead atoms. The Morgan fingerprint density at radius 2 is 1.94 bits per heavy atom. The van der Waals surface area contributed by atoms with Gasteiger partial charge in [0.25, 0.3) is 0 Å². The number of nitrogens with one attached hydrogen (secondary N) is 1. The van der Waals surface area contributed by atoms with Gasteiger partial charge in [0.05, 0.1) is 38.4 Å². The molecular formula is C23H24N4O3S. The molecule has 1 saturated heterocycles. The monoisotopic (exact) mass is 436 g/mol. The van der Waals surface area contributed by atoms with Crippen LogP contribution in [0.3, 0.4) is 0 Å². The Bertz CT molecular complexity index is 1050. The normalized spacial score (nSPS) is 18.0. The van der Waals surface area contributed by atoms with Crippen LogP contribution in [0.15, 0.2) is 67.0 Å². The Labute approximate surface area is 186 Å². The van der Waals surface area contributed by atoms with E-state index in [0.717, 1.165) is 22.8 Å². The smallest absolute Gasteiger partial charge is 0.307 e. The summed E-state index contributed by atoms with van der Waals surface area (Å²) in [6.07, 6.45) is 4.04. The number of hydrogen-bond donors (Lipinski definition) is 1. The van der Waals surface area contributed by atoms with E-state index in [1.165, 1.54) is 7.11 Å². The van der Waals surface area contributed by atoms with E-state index < -0.39 is 0 Å². The molecule has 3 heterocycles. The Morgan fingerprint density at radius 1 is 1.13 bits per heavy atom. The number of methoxy groups -OCH3 is 2. The summed E-state index contributed by atoms with van der Waals surface area (Å²) in [4.78, 5) is 18.4. The average molecular weight is 437 g/mol. The molecule has 1 N–H and O–H groups in total. The number of aromatic nitrogens is 2. The lowest BCUT2D eigenvalue weighted by molar-refractivity contribution is -0.140. The molecule has 1 aliphatic heterocycles. The van der Waals surface area contributed by atoms with Crippen LogP contribution >= 0.6 is 12.2 Å². The lowest BCUT2D eigenvalue weighted by atomic mass is 10.0. The number of rotatable bonds is 7. The second-order valence-corrected chi connectivity index (χ2v) is 7.53. The zero-order chi connectivity index (χ0) is 21.8. The Kier molecular flexibility index (Phi) is 6.18. The molecule has 2 aromatic heterocycles. The van der Waals surface area contributed by atoms with E-state index in [1.807, 2.05) is 59.6 Å². The van der Waals surface area contributed by atoms with Gasteiger partial charge >= 0.3 is 5.97 Å². The van der Waals surface area contributed by atoms with Gasteiger partial charge < -0.3 is 24.3 Å². The lowest BCUT2D eigenvalue weighted by Gasteiger charge is -2.28. The summed E-state index contributed by atoms with van der Waals surface area (Å²) >= 11 is 5.66. The second-order valence-electron chi connectivity index (χ2n) is 7.15. The minimum Gasteiger partial charge on any atom is -0.497 e. The van der Waals surface area contributed by atoms with Crippen molar-refractivity contribution >= 4 is 23.3 Å². The van der Waals surface area contributed by atoms with Crippen molar-refractivity contribution < 1.29 is 14.3 Å².